The average molecular weight is 526 g/mol. The molecule has 186 valence electrons. The van der Waals surface area contributed by atoms with Crippen molar-refractivity contribution in [2.75, 3.05) is 7.11 Å². The van der Waals surface area contributed by atoms with Crippen molar-refractivity contribution in [3.05, 3.63) is 78.1 Å². The van der Waals surface area contributed by atoms with E-state index in [4.69, 9.17) is 14.2 Å². The number of amides is 2. The fourth-order valence-electron chi connectivity index (χ4n) is 3.80. The Bertz CT molecular complexity index is 1390. The smallest absolute Gasteiger partial charge is 0.286 e. The number of imidazole rings is 1. The van der Waals surface area contributed by atoms with E-state index in [-0.39, 0.29) is 28.8 Å². The molecule has 1 fully saturated rings. The number of hydrogen-bond donors (Lipinski definition) is 1. The third kappa shape index (κ3) is 5.58. The lowest BCUT2D eigenvalue weighted by molar-refractivity contribution is -0.118. The number of aromatic nitrogens is 2. The Morgan fingerprint density at radius 2 is 1.61 bits per heavy atom. The van der Waals surface area contributed by atoms with E-state index in [1.165, 1.54) is 0 Å². The first-order valence-electron chi connectivity index (χ1n) is 11.0. The van der Waals surface area contributed by atoms with Gasteiger partial charge in [0.05, 0.1) is 23.4 Å². The topological polar surface area (TPSA) is 91.7 Å². The van der Waals surface area contributed by atoms with Gasteiger partial charge in [-0.05, 0) is 60.5 Å². The summed E-state index contributed by atoms with van der Waals surface area (Å²) in [6.07, 6.45) is 0.494. The molecule has 1 saturated heterocycles. The summed E-state index contributed by atoms with van der Waals surface area (Å²) < 4.78 is 19.1. The molecule has 1 atom stereocenters. The van der Waals surface area contributed by atoms with E-state index in [2.05, 4.69) is 10.3 Å². The highest BCUT2D eigenvalue weighted by Gasteiger charge is 2.31. The lowest BCUT2D eigenvalue weighted by atomic mass is 10.1. The van der Waals surface area contributed by atoms with Gasteiger partial charge in [0.1, 0.15) is 35.4 Å². The number of thioether (sulfide) groups is 1. The monoisotopic (exact) mass is 525 g/mol. The van der Waals surface area contributed by atoms with E-state index in [9.17, 15) is 9.59 Å². The van der Waals surface area contributed by atoms with Crippen LogP contribution in [0.3, 0.4) is 0 Å². The normalized spacial score (nSPS) is 14.9. The molecular weight excluding hydrogens is 502 g/mol. The molecule has 0 aliphatic carbocycles. The number of fused-ring (bicyclic) bond motifs is 1. The molecule has 2 heterocycles. The van der Waals surface area contributed by atoms with Crippen LogP contribution in [0, 0.1) is 0 Å². The maximum absolute atomic E-state index is 11.8. The number of rotatable bonds is 8. The van der Waals surface area contributed by atoms with Gasteiger partial charge in [0.2, 0.25) is 5.91 Å². The molecule has 2 amide bonds. The fraction of sp³-hybridized carbons (Fsp3) is 0.192. The van der Waals surface area contributed by atoms with Crippen LogP contribution < -0.4 is 19.5 Å². The molecule has 10 heteroatoms. The fourth-order valence-corrected chi connectivity index (χ4v) is 4.66. The molecule has 1 aromatic heterocycles. The SMILES string of the molecule is COc1ccc(Oc2ccc3nc(COc4ccc(CC5SC(=O)NC5=O)cc4)n(C)c3c2)cc1.Cl. The van der Waals surface area contributed by atoms with Crippen LogP contribution in [0.5, 0.6) is 23.0 Å². The lowest BCUT2D eigenvalue weighted by Gasteiger charge is -2.09. The number of methoxy groups -OCH3 is 1. The summed E-state index contributed by atoms with van der Waals surface area (Å²) in [6.45, 7) is 0.300. The molecular formula is C26H24ClN3O5S. The summed E-state index contributed by atoms with van der Waals surface area (Å²) in [5.74, 6) is 3.45. The Morgan fingerprint density at radius 1 is 0.944 bits per heavy atom. The minimum Gasteiger partial charge on any atom is -0.497 e. The van der Waals surface area contributed by atoms with Crippen molar-refractivity contribution >= 4 is 46.3 Å². The minimum absolute atomic E-state index is 0. The van der Waals surface area contributed by atoms with E-state index in [1.54, 1.807) is 7.11 Å². The van der Waals surface area contributed by atoms with Gasteiger partial charge in [-0.25, -0.2) is 4.98 Å². The number of nitrogens with zero attached hydrogens (tertiary/aromatic N) is 2. The van der Waals surface area contributed by atoms with Crippen molar-refractivity contribution in [1.29, 1.82) is 0 Å². The first kappa shape index (κ1) is 25.4. The number of aryl methyl sites for hydroxylation is 1. The number of benzene rings is 3. The summed E-state index contributed by atoms with van der Waals surface area (Å²) in [5.41, 5.74) is 2.75. The van der Waals surface area contributed by atoms with Crippen LogP contribution in [-0.4, -0.2) is 33.1 Å². The lowest BCUT2D eigenvalue weighted by Crippen LogP contribution is -2.25. The number of halogens is 1. The van der Waals surface area contributed by atoms with Crippen LogP contribution in [0.1, 0.15) is 11.4 Å². The number of carbonyl (C=O) groups excluding carboxylic acids is 2. The van der Waals surface area contributed by atoms with Gasteiger partial charge in [-0.2, -0.15) is 0 Å². The number of imide groups is 1. The molecule has 3 aromatic carbocycles. The molecule has 1 N–H and O–H groups in total. The predicted octanol–water partition coefficient (Wildman–Crippen LogP) is 5.27. The van der Waals surface area contributed by atoms with Crippen molar-refractivity contribution in [1.82, 2.24) is 14.9 Å². The van der Waals surface area contributed by atoms with Crippen LogP contribution in [0.25, 0.3) is 11.0 Å². The van der Waals surface area contributed by atoms with E-state index >= 15 is 0 Å². The second-order valence-corrected chi connectivity index (χ2v) is 9.21. The molecule has 0 spiro atoms. The first-order valence-corrected chi connectivity index (χ1v) is 11.9. The molecule has 1 unspecified atom stereocenters. The molecule has 36 heavy (non-hydrogen) atoms. The first-order chi connectivity index (χ1) is 17.0. The predicted molar refractivity (Wildman–Crippen MR) is 140 cm³/mol. The van der Waals surface area contributed by atoms with Crippen LogP contribution in [0.2, 0.25) is 0 Å². The summed E-state index contributed by atoms with van der Waals surface area (Å²) >= 11 is 1.03. The van der Waals surface area contributed by atoms with Crippen LogP contribution >= 0.6 is 24.2 Å². The number of carbonyl (C=O) groups is 2. The van der Waals surface area contributed by atoms with Gasteiger partial charge in [-0.3, -0.25) is 14.9 Å². The second kappa shape index (κ2) is 10.9. The molecule has 1 aliphatic rings. The average Bonchev–Trinajstić information content (AvgIpc) is 3.36. The Hall–Kier alpha value is -3.69. The number of hydrogen-bond acceptors (Lipinski definition) is 7. The summed E-state index contributed by atoms with van der Waals surface area (Å²) in [7, 11) is 3.57. The molecule has 0 bridgehead atoms. The largest absolute Gasteiger partial charge is 0.497 e. The Labute approximate surface area is 218 Å². The van der Waals surface area contributed by atoms with Crippen molar-refractivity contribution in [3.8, 4) is 23.0 Å². The number of nitrogens with one attached hydrogen (secondary N) is 1. The van der Waals surface area contributed by atoms with E-state index in [0.717, 1.165) is 45.7 Å². The molecule has 0 saturated carbocycles. The second-order valence-electron chi connectivity index (χ2n) is 8.04. The summed E-state index contributed by atoms with van der Waals surface area (Å²) in [4.78, 5) is 27.8. The zero-order chi connectivity index (χ0) is 24.4. The Morgan fingerprint density at radius 3 is 2.28 bits per heavy atom. The van der Waals surface area contributed by atoms with Gasteiger partial charge in [-0.1, -0.05) is 23.9 Å². The zero-order valence-corrected chi connectivity index (χ0v) is 21.2. The minimum atomic E-state index is -0.382. The van der Waals surface area contributed by atoms with Crippen molar-refractivity contribution in [3.63, 3.8) is 0 Å². The molecule has 4 aromatic rings. The van der Waals surface area contributed by atoms with Crippen LogP contribution in [-0.2, 0) is 24.9 Å². The Kier molecular flexibility index (Phi) is 7.71. The maximum atomic E-state index is 11.8. The van der Waals surface area contributed by atoms with Crippen molar-refractivity contribution in [2.24, 2.45) is 7.05 Å². The molecule has 1 aliphatic heterocycles. The third-order valence-corrected chi connectivity index (χ3v) is 6.70. The summed E-state index contributed by atoms with van der Waals surface area (Å²) in [6, 6.07) is 20.7. The highest BCUT2D eigenvalue weighted by molar-refractivity contribution is 8.15. The quantitative estimate of drug-likeness (QED) is 0.335. The van der Waals surface area contributed by atoms with E-state index in [0.29, 0.717) is 24.5 Å². The number of ether oxygens (including phenoxy) is 3. The van der Waals surface area contributed by atoms with Crippen molar-refractivity contribution in [2.45, 2.75) is 18.3 Å². The Balaban J connectivity index is 0.00000304. The molecule has 8 nitrogen and oxygen atoms in total. The van der Waals surface area contributed by atoms with Crippen molar-refractivity contribution < 1.29 is 23.8 Å². The zero-order valence-electron chi connectivity index (χ0n) is 19.6. The van der Waals surface area contributed by atoms with Crippen LogP contribution in [0.15, 0.2) is 66.7 Å². The maximum Gasteiger partial charge on any atom is 0.286 e. The van der Waals surface area contributed by atoms with Crippen LogP contribution in [0.4, 0.5) is 4.79 Å². The van der Waals surface area contributed by atoms with Gasteiger partial charge >= 0.3 is 0 Å². The van der Waals surface area contributed by atoms with Gasteiger partial charge in [0.25, 0.3) is 5.24 Å². The standard InChI is InChI=1S/C26H23N3O5S.ClH/c1-29-22-14-20(34-19-9-7-17(32-2)8-10-19)11-12-21(22)27-24(29)15-33-18-5-3-16(4-6-18)13-23-25(30)28-26(31)35-23;/h3-12,14,23H,13,15H2,1-2H3,(H,28,30,31);1H. The summed E-state index contributed by atoms with van der Waals surface area (Å²) in [5, 5.41) is 1.64. The van der Waals surface area contributed by atoms with E-state index in [1.807, 2.05) is 78.3 Å². The van der Waals surface area contributed by atoms with Gasteiger partial charge in [-0.15, -0.1) is 12.4 Å². The van der Waals surface area contributed by atoms with Gasteiger partial charge in [0, 0.05) is 13.1 Å². The highest BCUT2D eigenvalue weighted by atomic mass is 35.5. The van der Waals surface area contributed by atoms with E-state index < -0.39 is 0 Å². The van der Waals surface area contributed by atoms with Gasteiger partial charge in [0.15, 0.2) is 0 Å². The highest BCUT2D eigenvalue weighted by Crippen LogP contribution is 2.28. The van der Waals surface area contributed by atoms with Gasteiger partial charge < -0.3 is 18.8 Å². The molecule has 0 radical (unpaired) electrons. The molecule has 5 rings (SSSR count). The third-order valence-electron chi connectivity index (χ3n) is 5.72.